The first kappa shape index (κ1) is 21.7. The highest BCUT2D eigenvalue weighted by Gasteiger charge is 2.14. The number of rotatable bonds is 8. The molecule has 1 aromatic heterocycles. The van der Waals surface area contributed by atoms with Gasteiger partial charge in [0.2, 0.25) is 5.82 Å². The molecule has 0 aliphatic heterocycles. The van der Waals surface area contributed by atoms with E-state index in [0.717, 1.165) is 10.0 Å². The van der Waals surface area contributed by atoms with E-state index in [1.54, 1.807) is 19.2 Å². The van der Waals surface area contributed by atoms with Crippen LogP contribution in [0.25, 0.3) is 0 Å². The van der Waals surface area contributed by atoms with Crippen molar-refractivity contribution in [2.45, 2.75) is 6.61 Å². The van der Waals surface area contributed by atoms with Crippen LogP contribution >= 0.6 is 31.9 Å². The predicted octanol–water partition coefficient (Wildman–Crippen LogP) is 5.55. The minimum absolute atomic E-state index is 0.0548. The number of nitrogens with one attached hydrogen (secondary N) is 1. The van der Waals surface area contributed by atoms with E-state index in [2.05, 4.69) is 47.4 Å². The van der Waals surface area contributed by atoms with Gasteiger partial charge < -0.3 is 9.47 Å². The van der Waals surface area contributed by atoms with Crippen molar-refractivity contribution in [3.63, 3.8) is 0 Å². The zero-order valence-electron chi connectivity index (χ0n) is 15.7. The van der Waals surface area contributed by atoms with Gasteiger partial charge in [0, 0.05) is 16.7 Å². The number of hydrogen-bond donors (Lipinski definition) is 1. The summed E-state index contributed by atoms with van der Waals surface area (Å²) in [6.45, 7) is 0.376. The molecule has 0 aliphatic carbocycles. The number of nitro groups is 1. The van der Waals surface area contributed by atoms with Crippen molar-refractivity contribution in [1.82, 2.24) is 4.98 Å². The Kier molecular flexibility index (Phi) is 7.36. The maximum Gasteiger partial charge on any atom is 0.313 e. The number of hydrogen-bond acceptors (Lipinski definition) is 7. The summed E-state index contributed by atoms with van der Waals surface area (Å²) in [6.07, 6.45) is 2.95. The number of halogens is 2. The molecular formula is C20H16Br2N4O4. The van der Waals surface area contributed by atoms with Gasteiger partial charge in [0.25, 0.3) is 0 Å². The maximum atomic E-state index is 11.0. The average Bonchev–Trinajstić information content (AvgIpc) is 2.74. The van der Waals surface area contributed by atoms with Crippen molar-refractivity contribution in [2.75, 3.05) is 12.5 Å². The summed E-state index contributed by atoms with van der Waals surface area (Å²) in [4.78, 5) is 14.4. The van der Waals surface area contributed by atoms with Crippen LogP contribution in [-0.4, -0.2) is 23.2 Å². The minimum atomic E-state index is -0.526. The normalized spacial score (nSPS) is 10.8. The largest absolute Gasteiger partial charge is 0.493 e. The molecule has 2 aromatic carbocycles. The molecule has 1 N–H and O–H groups in total. The first-order valence-electron chi connectivity index (χ1n) is 8.61. The molecule has 3 rings (SSSR count). The molecule has 0 saturated carbocycles. The Hall–Kier alpha value is -2.98. The highest BCUT2D eigenvalue weighted by molar-refractivity contribution is 9.10. The van der Waals surface area contributed by atoms with Crippen molar-refractivity contribution in [1.29, 1.82) is 0 Å². The molecule has 8 nitrogen and oxygen atoms in total. The predicted molar refractivity (Wildman–Crippen MR) is 121 cm³/mol. The van der Waals surface area contributed by atoms with Gasteiger partial charge in [-0.25, -0.2) is 4.98 Å². The van der Waals surface area contributed by atoms with Crippen LogP contribution in [-0.2, 0) is 6.61 Å². The van der Waals surface area contributed by atoms with E-state index in [9.17, 15) is 10.1 Å². The van der Waals surface area contributed by atoms with Gasteiger partial charge in [-0.15, -0.1) is 0 Å². The summed E-state index contributed by atoms with van der Waals surface area (Å²) in [5, 5.41) is 15.1. The Balaban J connectivity index is 1.74. The smallest absolute Gasteiger partial charge is 0.313 e. The molecule has 0 unspecified atom stereocenters. The number of aromatic nitrogens is 1. The lowest BCUT2D eigenvalue weighted by Crippen LogP contribution is -2.01. The number of benzene rings is 2. The van der Waals surface area contributed by atoms with Crippen molar-refractivity contribution in [3.8, 4) is 11.5 Å². The summed E-state index contributed by atoms with van der Waals surface area (Å²) in [7, 11) is 1.55. The van der Waals surface area contributed by atoms with E-state index in [1.807, 2.05) is 24.3 Å². The van der Waals surface area contributed by atoms with E-state index in [-0.39, 0.29) is 11.5 Å². The van der Waals surface area contributed by atoms with Crippen molar-refractivity contribution in [3.05, 3.63) is 84.9 Å². The van der Waals surface area contributed by atoms with Crippen LogP contribution in [0.1, 0.15) is 11.1 Å². The first-order chi connectivity index (χ1) is 14.5. The van der Waals surface area contributed by atoms with Crippen LogP contribution in [0, 0.1) is 10.1 Å². The molecule has 30 heavy (non-hydrogen) atoms. The van der Waals surface area contributed by atoms with Gasteiger partial charge in [-0.2, -0.15) is 5.10 Å². The number of nitrogens with zero attached hydrogens (tertiary/aromatic N) is 3. The van der Waals surface area contributed by atoms with Gasteiger partial charge in [0.05, 0.1) is 22.7 Å². The van der Waals surface area contributed by atoms with Crippen LogP contribution < -0.4 is 14.9 Å². The molecule has 0 bridgehead atoms. The molecule has 0 fully saturated rings. The number of hydrazone groups is 1. The topological polar surface area (TPSA) is 98.9 Å². The van der Waals surface area contributed by atoms with Gasteiger partial charge >= 0.3 is 5.69 Å². The van der Waals surface area contributed by atoms with Crippen LogP contribution in [0.5, 0.6) is 11.5 Å². The summed E-state index contributed by atoms with van der Waals surface area (Å²) in [6, 6.07) is 14.2. The molecule has 10 heteroatoms. The second kappa shape index (κ2) is 10.2. The van der Waals surface area contributed by atoms with Gasteiger partial charge in [-0.3, -0.25) is 15.5 Å². The lowest BCUT2D eigenvalue weighted by molar-refractivity contribution is -0.384. The fourth-order valence-corrected chi connectivity index (χ4v) is 3.33. The van der Waals surface area contributed by atoms with Crippen molar-refractivity contribution < 1.29 is 14.4 Å². The molecular weight excluding hydrogens is 520 g/mol. The second-order valence-corrected chi connectivity index (χ2v) is 7.72. The third kappa shape index (κ3) is 5.55. The van der Waals surface area contributed by atoms with E-state index in [4.69, 9.17) is 9.47 Å². The SMILES string of the molecule is COc1cc(/C=N\Nc2ncccc2[N+](=O)[O-])cc(Br)c1OCc1ccc(Br)cc1. The van der Waals surface area contributed by atoms with Gasteiger partial charge in [0.1, 0.15) is 6.61 Å². The summed E-state index contributed by atoms with van der Waals surface area (Å²) >= 11 is 6.90. The summed E-state index contributed by atoms with van der Waals surface area (Å²) in [5.41, 5.74) is 4.14. The van der Waals surface area contributed by atoms with E-state index in [1.165, 1.54) is 24.5 Å². The fraction of sp³-hybridized carbons (Fsp3) is 0.100. The zero-order chi connectivity index (χ0) is 21.5. The van der Waals surface area contributed by atoms with Gasteiger partial charge in [0.15, 0.2) is 11.5 Å². The Morgan fingerprint density at radius 1 is 1.23 bits per heavy atom. The second-order valence-electron chi connectivity index (χ2n) is 5.95. The van der Waals surface area contributed by atoms with E-state index < -0.39 is 4.92 Å². The number of methoxy groups -OCH3 is 1. The Morgan fingerprint density at radius 3 is 2.70 bits per heavy atom. The molecule has 0 aliphatic rings. The third-order valence-corrected chi connectivity index (χ3v) is 5.03. The maximum absolute atomic E-state index is 11.0. The molecule has 3 aromatic rings. The Bertz CT molecular complexity index is 1070. The Labute approximate surface area is 189 Å². The van der Waals surface area contributed by atoms with Crippen LogP contribution in [0.3, 0.4) is 0 Å². The standard InChI is InChI=1S/C20H16Br2N4O4/c1-29-18-10-14(11-24-25-20-17(26(27)28)3-2-8-23-20)9-16(22)19(18)30-12-13-4-6-15(21)7-5-13/h2-11H,12H2,1H3,(H,23,25)/b24-11-. The Morgan fingerprint density at radius 2 is 2.00 bits per heavy atom. The molecule has 0 amide bonds. The van der Waals surface area contributed by atoms with Crippen molar-refractivity contribution >= 4 is 49.6 Å². The van der Waals surface area contributed by atoms with Crippen molar-refractivity contribution in [2.24, 2.45) is 5.10 Å². The monoisotopic (exact) mass is 534 g/mol. The summed E-state index contributed by atoms with van der Waals surface area (Å²) in [5.74, 6) is 1.14. The third-order valence-electron chi connectivity index (χ3n) is 3.92. The van der Waals surface area contributed by atoms with Crippen LogP contribution in [0.2, 0.25) is 0 Å². The van der Waals surface area contributed by atoms with Gasteiger partial charge in [-0.1, -0.05) is 28.1 Å². The fourth-order valence-electron chi connectivity index (χ4n) is 2.49. The number of anilines is 1. The lowest BCUT2D eigenvalue weighted by atomic mass is 10.2. The van der Waals surface area contributed by atoms with Gasteiger partial charge in [-0.05, 0) is 57.4 Å². The number of ether oxygens (including phenoxy) is 2. The van der Waals surface area contributed by atoms with Crippen LogP contribution in [0.4, 0.5) is 11.5 Å². The zero-order valence-corrected chi connectivity index (χ0v) is 18.9. The molecule has 0 radical (unpaired) electrons. The van der Waals surface area contributed by atoms with E-state index >= 15 is 0 Å². The van der Waals surface area contributed by atoms with E-state index in [0.29, 0.717) is 28.1 Å². The average molecular weight is 536 g/mol. The molecule has 154 valence electrons. The highest BCUT2D eigenvalue weighted by Crippen LogP contribution is 2.37. The highest BCUT2D eigenvalue weighted by atomic mass is 79.9. The lowest BCUT2D eigenvalue weighted by Gasteiger charge is -2.13. The minimum Gasteiger partial charge on any atom is -0.493 e. The van der Waals surface area contributed by atoms with Crippen LogP contribution in [0.15, 0.2) is 68.8 Å². The molecule has 0 spiro atoms. The number of pyridine rings is 1. The molecule has 0 saturated heterocycles. The summed E-state index contributed by atoms with van der Waals surface area (Å²) < 4.78 is 13.0. The molecule has 1 heterocycles. The quantitative estimate of drug-likeness (QED) is 0.231. The molecule has 0 atom stereocenters. The first-order valence-corrected chi connectivity index (χ1v) is 10.2.